The molecule has 1 atom stereocenters. The number of benzene rings is 1. The Hall–Kier alpha value is -12.9. The van der Waals surface area contributed by atoms with E-state index in [1.165, 1.54) is 19.3 Å². The number of nitrogens with zero attached hydrogens (tertiary/aromatic N) is 15. The molecule has 0 aliphatic heterocycles. The molecule has 0 amide bonds. The molecule has 0 bridgehead atoms. The van der Waals surface area contributed by atoms with Gasteiger partial charge < -0.3 is 57.1 Å². The van der Waals surface area contributed by atoms with Crippen molar-refractivity contribution in [1.29, 1.82) is 0 Å². The van der Waals surface area contributed by atoms with Gasteiger partial charge in [-0.05, 0) is 95.3 Å². The van der Waals surface area contributed by atoms with Gasteiger partial charge in [0.1, 0.15) is 68.6 Å². The molecule has 112 heavy (non-hydrogen) atoms. The van der Waals surface area contributed by atoms with E-state index in [4.69, 9.17) is 57.1 Å². The van der Waals surface area contributed by atoms with Gasteiger partial charge >= 0.3 is 5.97 Å². The van der Waals surface area contributed by atoms with Crippen LogP contribution in [0.3, 0.4) is 0 Å². The Morgan fingerprint density at radius 1 is 0.411 bits per heavy atom. The number of anilines is 5. The molecular formula is C82H98N20O9S. The lowest BCUT2D eigenvalue weighted by Crippen LogP contribution is -2.09. The molecule has 0 radical (unpaired) electrons. The lowest BCUT2D eigenvalue weighted by molar-refractivity contribution is 0.0518. The molecule has 586 valence electrons. The number of Topliss-reactive ketones (excluding diaryl/α,β-unsaturated/α-hetero) is 1. The predicted octanol–water partition coefficient (Wildman–Crippen LogP) is 16.8. The van der Waals surface area contributed by atoms with E-state index in [1.54, 1.807) is 109 Å². The molecule has 0 aliphatic carbocycles. The van der Waals surface area contributed by atoms with E-state index in [2.05, 4.69) is 116 Å². The zero-order chi connectivity index (χ0) is 82.2. The number of hydrogen-bond donors (Lipinski definition) is 5. The van der Waals surface area contributed by atoms with Gasteiger partial charge in [0.2, 0.25) is 0 Å². The average molecular weight is 1540 g/mol. The Bertz CT molecular complexity index is 5020. The third kappa shape index (κ3) is 24.8. The van der Waals surface area contributed by atoms with Crippen molar-refractivity contribution in [2.24, 2.45) is 0 Å². The summed E-state index contributed by atoms with van der Waals surface area (Å²) in [4.78, 5) is 85.6. The summed E-state index contributed by atoms with van der Waals surface area (Å²) in [5, 5.41) is 0.463. The monoisotopic (exact) mass is 1540 g/mol. The maximum absolute atomic E-state index is 12.8. The molecule has 11 aromatic rings. The number of carbonyl (C=O) groups excluding carboxylic acids is 2. The molecule has 10 heterocycles. The van der Waals surface area contributed by atoms with Crippen LogP contribution in [-0.4, -0.2) is 97.3 Å². The summed E-state index contributed by atoms with van der Waals surface area (Å²) in [6.07, 6.45) is 18.0. The second-order valence-corrected chi connectivity index (χ2v) is 28.3. The minimum Gasteiger partial charge on any atom is -0.461 e. The highest BCUT2D eigenvalue weighted by molar-refractivity contribution is 7.84. The number of aromatic nitrogens is 15. The number of carbonyl (C=O) groups is 2. The number of rotatable bonds is 23. The van der Waals surface area contributed by atoms with Gasteiger partial charge in [0, 0.05) is 96.1 Å². The van der Waals surface area contributed by atoms with Crippen LogP contribution in [0.1, 0.15) is 214 Å². The second-order valence-electron chi connectivity index (χ2n) is 26.9. The van der Waals surface area contributed by atoms with Gasteiger partial charge in [-0.15, -0.1) is 0 Å². The fraction of sp³-hybridized carbons (Fsp3) is 0.305. The van der Waals surface area contributed by atoms with Gasteiger partial charge in [0.25, 0.3) is 0 Å². The molecule has 1 unspecified atom stereocenters. The molecule has 0 spiro atoms. The summed E-state index contributed by atoms with van der Waals surface area (Å²) in [6.45, 7) is 42.3. The number of nitrogens with two attached hydrogens (primary N) is 5. The molecular weight excluding hydrogens is 1440 g/mol. The third-order valence-electron chi connectivity index (χ3n) is 16.1. The van der Waals surface area contributed by atoms with Crippen molar-refractivity contribution in [3.8, 4) is 57.5 Å². The first-order valence-corrected chi connectivity index (χ1v) is 37.2. The first kappa shape index (κ1) is 86.4. The van der Waals surface area contributed by atoms with E-state index < -0.39 is 16.8 Å². The number of aryl methyl sites for hydroxylation is 5. The molecule has 1 aromatic carbocycles. The van der Waals surface area contributed by atoms with Crippen molar-refractivity contribution in [2.45, 2.75) is 165 Å². The van der Waals surface area contributed by atoms with Crippen LogP contribution in [0.15, 0.2) is 141 Å². The van der Waals surface area contributed by atoms with E-state index in [0.717, 1.165) is 50.3 Å². The number of esters is 1. The highest BCUT2D eigenvalue weighted by Gasteiger charge is 2.22. The molecule has 11 rings (SSSR count). The highest BCUT2D eigenvalue weighted by atomic mass is 32.2. The summed E-state index contributed by atoms with van der Waals surface area (Å²) in [5.74, 6) is 10.1. The number of hydrogen-bond acceptors (Lipinski definition) is 29. The molecule has 10 N–H and O–H groups in total. The summed E-state index contributed by atoms with van der Waals surface area (Å²) >= 11 is 0. The minimum atomic E-state index is -1.29. The maximum atomic E-state index is 12.8. The molecule has 29 nitrogen and oxygen atoms in total. The van der Waals surface area contributed by atoms with E-state index in [1.807, 2.05) is 97.1 Å². The van der Waals surface area contributed by atoms with E-state index in [9.17, 15) is 13.8 Å². The van der Waals surface area contributed by atoms with Gasteiger partial charge in [0.15, 0.2) is 69.3 Å². The van der Waals surface area contributed by atoms with Crippen molar-refractivity contribution >= 4 is 63.3 Å². The molecule has 10 aromatic heterocycles. The molecule has 30 heteroatoms. The Morgan fingerprint density at radius 3 is 1.04 bits per heavy atom. The van der Waals surface area contributed by atoms with Crippen LogP contribution < -0.4 is 52.4 Å². The Kier molecular flexibility index (Phi) is 31.3. The fourth-order valence-corrected chi connectivity index (χ4v) is 11.0. The van der Waals surface area contributed by atoms with Crippen molar-refractivity contribution in [3.05, 3.63) is 221 Å². The van der Waals surface area contributed by atoms with E-state index in [-0.39, 0.29) is 65.1 Å². The van der Waals surface area contributed by atoms with Crippen molar-refractivity contribution in [1.82, 2.24) is 74.8 Å². The predicted molar refractivity (Wildman–Crippen MR) is 435 cm³/mol. The van der Waals surface area contributed by atoms with Gasteiger partial charge in [-0.2, -0.15) is 0 Å². The standard InChI is InChI=1S/C20H22N4O2S.C16H20N4O3.C16H20N4O.C15H18N4O2.C15H18N4O/c1-13(2)16-10-23-19(27(25)12-15-7-5-4-6-8-15)9-17(16)26-18-11-22-14(3)24-20(18)21;1-5-22-16(21)12-6-13(11(7-19-12)9(2)3)23-14-8-18-10(4)20-15(14)17;1-9(2)12-7-19-13(10(3)4)6-14(12)21-15-8-18-11(5)20-16(15)17;1-8(2)11-6-18-12(9(3)20)5-13(11)21-14-7-17-10(4)19-15(14)16;1-5-11-6-13(12(7-18-11)9(2)3)20-14-8-17-10(4)19-15(14)16/h4-11,13H,12H2,1-3H3,(H2,21,22,24);6-9H,5H2,1-4H3,(H2,17,18,20);6-9H,3H2,1-2,4-5H3,(H2,17,18,20);5-8H,1-4H3,(H2,16,17,19);5-9H,1H2,2-4H3,(H2,16,17,19). The number of pyridine rings is 5. The van der Waals surface area contributed by atoms with Crippen LogP contribution in [0.4, 0.5) is 29.1 Å². The zero-order valence-electron chi connectivity index (χ0n) is 66.5. The normalized spacial score (nSPS) is 11.0. The topological polar surface area (TPSA) is 430 Å². The molecule has 0 saturated carbocycles. The molecule has 0 aliphatic rings. The van der Waals surface area contributed by atoms with Crippen molar-refractivity contribution in [3.63, 3.8) is 0 Å². The van der Waals surface area contributed by atoms with Crippen molar-refractivity contribution < 1.29 is 42.2 Å². The van der Waals surface area contributed by atoms with Crippen LogP contribution in [0.5, 0.6) is 57.5 Å². The summed E-state index contributed by atoms with van der Waals surface area (Å²) in [7, 11) is -1.29. The van der Waals surface area contributed by atoms with Crippen LogP contribution in [-0.2, 0) is 21.3 Å². The van der Waals surface area contributed by atoms with Crippen LogP contribution >= 0.6 is 0 Å². The smallest absolute Gasteiger partial charge is 0.357 e. The summed E-state index contributed by atoms with van der Waals surface area (Å²) < 4.78 is 47.1. The van der Waals surface area contributed by atoms with Crippen LogP contribution in [0, 0.1) is 34.6 Å². The first-order valence-electron chi connectivity index (χ1n) is 35.9. The van der Waals surface area contributed by atoms with E-state index in [0.29, 0.717) is 115 Å². The van der Waals surface area contributed by atoms with E-state index >= 15 is 0 Å². The first-order chi connectivity index (χ1) is 53.1. The van der Waals surface area contributed by atoms with Gasteiger partial charge in [0.05, 0.1) is 65.5 Å². The quantitative estimate of drug-likeness (QED) is 0.0293. The highest BCUT2D eigenvalue weighted by Crippen LogP contribution is 2.39. The number of ketones is 1. The largest absolute Gasteiger partial charge is 0.461 e. The van der Waals surface area contributed by atoms with Gasteiger partial charge in [-0.1, -0.05) is 113 Å². The van der Waals surface area contributed by atoms with Crippen LogP contribution in [0.2, 0.25) is 0 Å². The number of allylic oxidation sites excluding steroid dienone is 1. The fourth-order valence-electron chi connectivity index (χ4n) is 9.99. The zero-order valence-corrected chi connectivity index (χ0v) is 67.3. The summed E-state index contributed by atoms with van der Waals surface area (Å²) in [6, 6.07) is 18.3. The van der Waals surface area contributed by atoms with Gasteiger partial charge in [-0.3, -0.25) is 24.0 Å². The lowest BCUT2D eigenvalue weighted by atomic mass is 10.0. The summed E-state index contributed by atoms with van der Waals surface area (Å²) in [5.41, 5.74) is 37.9. The Morgan fingerprint density at radius 2 is 0.714 bits per heavy atom. The molecule has 0 saturated heterocycles. The maximum Gasteiger partial charge on any atom is 0.357 e. The Balaban J connectivity index is 0.000000195. The Labute approximate surface area is 655 Å². The lowest BCUT2D eigenvalue weighted by Gasteiger charge is -2.15. The number of nitrogen functional groups attached to an aromatic ring is 5. The third-order valence-corrected chi connectivity index (χ3v) is 17.3. The van der Waals surface area contributed by atoms with Crippen LogP contribution in [0.25, 0.3) is 11.6 Å². The number of ether oxygens (including phenoxy) is 6. The SMILES string of the molecule is C=C(C)c1cc(Oc2cnc(C)nc2N)c(C(C)C)cn1.C=Cc1cc(Oc2cnc(C)nc2N)c(C(C)C)cn1.CC(=O)c1cc(Oc2cnc(C)nc2N)c(C(C)C)cn1.CCOC(=O)c1cc(Oc2cnc(C)nc2N)c(C(C)C)cn1.Cc1ncc(Oc2cc(S(=O)Cc3ccccc3)ncc2C(C)C)c(N)n1. The minimum absolute atomic E-state index is 0.122. The van der Waals surface area contributed by atoms with Crippen molar-refractivity contribution in [2.75, 3.05) is 35.3 Å². The molecule has 0 fully saturated rings. The van der Waals surface area contributed by atoms with Gasteiger partial charge in [-0.25, -0.2) is 64.6 Å². The second kappa shape index (κ2) is 40.5. The average Bonchev–Trinajstić information content (AvgIpc) is 0.845.